The van der Waals surface area contributed by atoms with Crippen LogP contribution in [0.3, 0.4) is 0 Å². The molecule has 0 spiro atoms. The van der Waals surface area contributed by atoms with Gasteiger partial charge in [0.05, 0.1) is 22.8 Å². The average Bonchev–Trinajstić information content (AvgIpc) is 3.98. The summed E-state index contributed by atoms with van der Waals surface area (Å²) in [6.45, 7) is 0. The second kappa shape index (κ2) is 11.7. The van der Waals surface area contributed by atoms with Crippen molar-refractivity contribution >= 4 is 33.7 Å². The lowest BCUT2D eigenvalue weighted by Gasteiger charge is -2.15. The molecule has 6 aromatic rings. The fraction of sp³-hybridized carbons (Fsp3) is 0. The van der Waals surface area contributed by atoms with E-state index in [1.165, 1.54) is 0 Å². The molecule has 3 aliphatic rings. The third-order valence-electron chi connectivity index (χ3n) is 8.89. The zero-order valence-corrected chi connectivity index (χ0v) is 26.0. The van der Waals surface area contributed by atoms with E-state index in [0.29, 0.717) is 0 Å². The molecular formula is C44H28N4-2. The molecule has 5 heterocycles. The van der Waals surface area contributed by atoms with Crippen molar-refractivity contribution < 1.29 is 0 Å². The first-order valence-corrected chi connectivity index (χ1v) is 16.1. The summed E-state index contributed by atoms with van der Waals surface area (Å²) >= 11 is 0. The molecular weight excluding hydrogens is 585 g/mol. The summed E-state index contributed by atoms with van der Waals surface area (Å²) in [5, 5.41) is 1.75. The third-order valence-corrected chi connectivity index (χ3v) is 8.89. The van der Waals surface area contributed by atoms with Gasteiger partial charge in [-0.05, 0) is 68.8 Å². The Bertz CT molecular complexity index is 2500. The van der Waals surface area contributed by atoms with E-state index in [0.717, 1.165) is 89.3 Å². The number of fused-ring (bicyclic) bond motifs is 6. The van der Waals surface area contributed by atoms with E-state index in [1.807, 2.05) is 30.5 Å². The van der Waals surface area contributed by atoms with Crippen LogP contribution in [0.1, 0.15) is 33.5 Å². The summed E-state index contributed by atoms with van der Waals surface area (Å²) in [7, 11) is 0. The number of benzene rings is 4. The molecule has 0 saturated heterocycles. The summed E-state index contributed by atoms with van der Waals surface area (Å²) in [5.41, 5.74) is 13.5. The molecule has 4 heteroatoms. The molecule has 4 aromatic carbocycles. The van der Waals surface area contributed by atoms with Gasteiger partial charge in [-0.3, -0.25) is 0 Å². The maximum Gasteiger partial charge on any atom is 0.0738 e. The Hall–Kier alpha value is -6.52. The molecule has 0 amide bonds. The van der Waals surface area contributed by atoms with Gasteiger partial charge in [0.2, 0.25) is 0 Å². The molecule has 2 aromatic heterocycles. The van der Waals surface area contributed by atoms with Crippen molar-refractivity contribution in [2.24, 2.45) is 9.98 Å². The largest absolute Gasteiger partial charge is 0.663 e. The van der Waals surface area contributed by atoms with Crippen LogP contribution in [0, 0.1) is 0 Å². The zero-order valence-electron chi connectivity index (χ0n) is 26.0. The van der Waals surface area contributed by atoms with E-state index >= 15 is 0 Å². The van der Waals surface area contributed by atoms with Gasteiger partial charge < -0.3 is 9.97 Å². The Balaban J connectivity index is 1.42. The highest BCUT2D eigenvalue weighted by Crippen LogP contribution is 2.35. The Morgan fingerprint density at radius 2 is 0.812 bits per heavy atom. The summed E-state index contributed by atoms with van der Waals surface area (Å²) in [6.07, 6.45) is 10.4. The number of aromatic nitrogens is 2. The van der Waals surface area contributed by atoms with Gasteiger partial charge in [-0.15, -0.1) is 16.4 Å². The SMILES string of the molecule is C1=CC2=C(c3ccccc3)c3cc(c[n-]3)C(c3ccccc3)=c3ccc([n-]3)=C(c3ccccc3)C3=NC(=C(c4ccccc4)C1=N2)C=C3. The molecule has 0 atom stereocenters. The molecule has 9 rings (SSSR count). The number of hydrogen-bond donors (Lipinski definition) is 0. The predicted octanol–water partition coefficient (Wildman–Crippen LogP) is 7.25. The molecule has 48 heavy (non-hydrogen) atoms. The molecule has 4 nitrogen and oxygen atoms in total. The maximum atomic E-state index is 5.32. The third kappa shape index (κ3) is 4.88. The van der Waals surface area contributed by atoms with Crippen molar-refractivity contribution in [2.75, 3.05) is 0 Å². The van der Waals surface area contributed by atoms with Crippen molar-refractivity contribution in [2.45, 2.75) is 0 Å². The first kappa shape index (κ1) is 27.8. The lowest BCUT2D eigenvalue weighted by Crippen LogP contribution is -2.22. The lowest BCUT2D eigenvalue weighted by atomic mass is 9.97. The van der Waals surface area contributed by atoms with Crippen LogP contribution in [-0.4, -0.2) is 11.4 Å². The van der Waals surface area contributed by atoms with Crippen LogP contribution in [0.25, 0.3) is 22.3 Å². The van der Waals surface area contributed by atoms with Crippen molar-refractivity contribution in [3.8, 4) is 0 Å². The minimum absolute atomic E-state index is 0.861. The minimum atomic E-state index is 0.861. The summed E-state index contributed by atoms with van der Waals surface area (Å²) in [4.78, 5) is 21.0. The van der Waals surface area contributed by atoms with Gasteiger partial charge in [-0.25, -0.2) is 9.98 Å². The van der Waals surface area contributed by atoms with Crippen LogP contribution >= 0.6 is 0 Å². The summed E-state index contributed by atoms with van der Waals surface area (Å²) < 4.78 is 0. The quantitative estimate of drug-likeness (QED) is 0.211. The van der Waals surface area contributed by atoms with E-state index in [9.17, 15) is 0 Å². The molecule has 226 valence electrons. The lowest BCUT2D eigenvalue weighted by molar-refractivity contribution is 1.21. The number of hydrogen-bond acceptors (Lipinski definition) is 2. The monoisotopic (exact) mass is 612 g/mol. The van der Waals surface area contributed by atoms with Gasteiger partial charge in [0.25, 0.3) is 0 Å². The van der Waals surface area contributed by atoms with Crippen molar-refractivity contribution in [1.29, 1.82) is 0 Å². The maximum absolute atomic E-state index is 5.32. The molecule has 0 radical (unpaired) electrons. The highest BCUT2D eigenvalue weighted by Gasteiger charge is 2.22. The zero-order chi connectivity index (χ0) is 31.9. The van der Waals surface area contributed by atoms with Gasteiger partial charge in [-0.2, -0.15) is 6.20 Å². The van der Waals surface area contributed by atoms with Crippen molar-refractivity contribution in [3.05, 3.63) is 226 Å². The normalized spacial score (nSPS) is 15.3. The number of nitrogens with zero attached hydrogens (tertiary/aromatic N) is 4. The fourth-order valence-electron chi connectivity index (χ4n) is 6.72. The van der Waals surface area contributed by atoms with Gasteiger partial charge >= 0.3 is 0 Å². The van der Waals surface area contributed by atoms with E-state index in [-0.39, 0.29) is 0 Å². The van der Waals surface area contributed by atoms with E-state index in [1.54, 1.807) is 0 Å². The van der Waals surface area contributed by atoms with E-state index in [2.05, 4.69) is 140 Å². The summed E-state index contributed by atoms with van der Waals surface area (Å²) in [6, 6.07) is 48.0. The standard InChI is InChI=1S/C44H28N4/c1-5-13-29(14-6-1)41-33-27-40(45-28-33)44(32-19-11-4-12-20-32)39-26-25-38(48-39)43(31-17-9-3-10-18-31)37-24-23-36(47-37)42(30-15-7-2-8-16-30)35-22-21-34(41)46-35/h1-28H/q-2. The number of aliphatic imine (C=N–C) groups is 2. The first-order chi connectivity index (χ1) is 23.8. The van der Waals surface area contributed by atoms with Crippen LogP contribution in [0.4, 0.5) is 0 Å². The Morgan fingerprint density at radius 1 is 0.375 bits per heavy atom. The van der Waals surface area contributed by atoms with Gasteiger partial charge in [0, 0.05) is 5.57 Å². The van der Waals surface area contributed by atoms with Gasteiger partial charge in [0.15, 0.2) is 0 Å². The Labute approximate surface area is 278 Å². The number of allylic oxidation sites excluding steroid dienone is 5. The highest BCUT2D eigenvalue weighted by molar-refractivity contribution is 6.35. The second-order valence-corrected chi connectivity index (χ2v) is 11.9. The Kier molecular flexibility index (Phi) is 6.76. The predicted molar refractivity (Wildman–Crippen MR) is 195 cm³/mol. The topological polar surface area (TPSA) is 52.9 Å². The molecule has 8 bridgehead atoms. The Morgan fingerprint density at radius 3 is 1.38 bits per heavy atom. The van der Waals surface area contributed by atoms with Crippen LogP contribution in [0.5, 0.6) is 0 Å². The van der Waals surface area contributed by atoms with Crippen LogP contribution in [-0.2, 0) is 0 Å². The van der Waals surface area contributed by atoms with Gasteiger partial charge in [0.1, 0.15) is 0 Å². The minimum Gasteiger partial charge on any atom is -0.663 e. The molecule has 0 N–H and O–H groups in total. The first-order valence-electron chi connectivity index (χ1n) is 16.1. The van der Waals surface area contributed by atoms with Crippen LogP contribution in [0.15, 0.2) is 191 Å². The molecule has 0 fully saturated rings. The van der Waals surface area contributed by atoms with E-state index < -0.39 is 0 Å². The summed E-state index contributed by atoms with van der Waals surface area (Å²) in [5.74, 6) is 0. The molecule has 0 saturated carbocycles. The molecule has 0 unspecified atom stereocenters. The van der Waals surface area contributed by atoms with E-state index in [4.69, 9.17) is 20.0 Å². The molecule has 0 aliphatic carbocycles. The smallest absolute Gasteiger partial charge is 0.0738 e. The average molecular weight is 613 g/mol. The van der Waals surface area contributed by atoms with Crippen LogP contribution in [0.2, 0.25) is 0 Å². The molecule has 3 aliphatic heterocycles. The number of rotatable bonds is 4. The highest BCUT2D eigenvalue weighted by atomic mass is 14.8. The van der Waals surface area contributed by atoms with Crippen molar-refractivity contribution in [1.82, 2.24) is 9.97 Å². The van der Waals surface area contributed by atoms with Gasteiger partial charge in [-0.1, -0.05) is 140 Å². The second-order valence-electron chi connectivity index (χ2n) is 11.9. The van der Waals surface area contributed by atoms with Crippen molar-refractivity contribution in [3.63, 3.8) is 0 Å². The van der Waals surface area contributed by atoms with Crippen LogP contribution < -0.4 is 20.7 Å². The fourth-order valence-corrected chi connectivity index (χ4v) is 6.72.